The summed E-state index contributed by atoms with van der Waals surface area (Å²) in [5.74, 6) is 1.19. The second-order valence-corrected chi connectivity index (χ2v) is 7.79. The third-order valence-electron chi connectivity index (χ3n) is 4.90. The van der Waals surface area contributed by atoms with Crippen LogP contribution in [0.3, 0.4) is 0 Å². The maximum Gasteiger partial charge on any atom is 0.274 e. The number of fused-ring (bicyclic) bond motifs is 1. The number of ether oxygens (including phenoxy) is 2. The van der Waals surface area contributed by atoms with E-state index in [1.165, 1.54) is 10.6 Å². The van der Waals surface area contributed by atoms with Crippen molar-refractivity contribution < 1.29 is 14.3 Å². The fraction of sp³-hybridized carbons (Fsp3) is 0.250. The third-order valence-corrected chi connectivity index (χ3v) is 4.90. The summed E-state index contributed by atoms with van der Waals surface area (Å²) in [7, 11) is 0. The predicted molar refractivity (Wildman–Crippen MR) is 124 cm³/mol. The van der Waals surface area contributed by atoms with Crippen LogP contribution in [0.25, 0.3) is 5.78 Å². The summed E-state index contributed by atoms with van der Waals surface area (Å²) in [4.78, 5) is 33.6. The first kappa shape index (κ1) is 22.1. The number of benzene rings is 2. The Hall–Kier alpha value is -4.14. The SMILES string of the molecule is CC(C)n1cnc2nc(COc3cccc(NC(=O)[C@H](C)Oc4ccccc4)c3)cc(=O)n21. The Morgan fingerprint density at radius 1 is 1.03 bits per heavy atom. The van der Waals surface area contributed by atoms with Gasteiger partial charge in [0.25, 0.3) is 17.2 Å². The highest BCUT2D eigenvalue weighted by Crippen LogP contribution is 2.19. The van der Waals surface area contributed by atoms with Crippen molar-refractivity contribution in [2.75, 3.05) is 5.32 Å². The van der Waals surface area contributed by atoms with E-state index in [-0.39, 0.29) is 24.1 Å². The lowest BCUT2D eigenvalue weighted by molar-refractivity contribution is -0.122. The lowest BCUT2D eigenvalue weighted by Gasteiger charge is -2.15. The minimum atomic E-state index is -0.675. The molecule has 0 aliphatic carbocycles. The number of carbonyl (C=O) groups excluding carboxylic acids is 1. The zero-order valence-corrected chi connectivity index (χ0v) is 18.6. The molecule has 0 fully saturated rings. The van der Waals surface area contributed by atoms with Crippen LogP contribution in [-0.2, 0) is 11.4 Å². The highest BCUT2D eigenvalue weighted by atomic mass is 16.5. The largest absolute Gasteiger partial charge is 0.487 e. The number of nitrogens with zero attached hydrogens (tertiary/aromatic N) is 4. The summed E-state index contributed by atoms with van der Waals surface area (Å²) < 4.78 is 14.6. The number of hydrogen-bond acceptors (Lipinski definition) is 6. The molecule has 0 bridgehead atoms. The van der Waals surface area contributed by atoms with Gasteiger partial charge in [-0.1, -0.05) is 24.3 Å². The Bertz CT molecular complexity index is 1310. The highest BCUT2D eigenvalue weighted by Gasteiger charge is 2.15. The van der Waals surface area contributed by atoms with Crippen molar-refractivity contribution in [3.05, 3.63) is 83.0 Å². The van der Waals surface area contributed by atoms with Gasteiger partial charge in [-0.25, -0.2) is 4.98 Å². The molecule has 1 atom stereocenters. The van der Waals surface area contributed by atoms with E-state index in [9.17, 15) is 9.59 Å². The van der Waals surface area contributed by atoms with E-state index in [4.69, 9.17) is 9.47 Å². The zero-order valence-electron chi connectivity index (χ0n) is 18.6. The van der Waals surface area contributed by atoms with Gasteiger partial charge in [-0.05, 0) is 45.0 Å². The molecule has 33 heavy (non-hydrogen) atoms. The molecule has 9 nitrogen and oxygen atoms in total. The molecule has 1 N–H and O–H groups in total. The molecular weight excluding hydrogens is 422 g/mol. The van der Waals surface area contributed by atoms with E-state index in [0.29, 0.717) is 28.7 Å². The van der Waals surface area contributed by atoms with Crippen LogP contribution < -0.4 is 20.3 Å². The molecular formula is C24H25N5O4. The Balaban J connectivity index is 1.40. The van der Waals surface area contributed by atoms with E-state index in [2.05, 4.69) is 15.3 Å². The van der Waals surface area contributed by atoms with Gasteiger partial charge < -0.3 is 14.8 Å². The molecule has 0 unspecified atom stereocenters. The molecule has 1 amide bonds. The van der Waals surface area contributed by atoms with Gasteiger partial charge in [-0.15, -0.1) is 0 Å². The lowest BCUT2D eigenvalue weighted by Crippen LogP contribution is -2.30. The summed E-state index contributed by atoms with van der Waals surface area (Å²) in [6, 6.07) is 17.7. The first-order chi connectivity index (χ1) is 15.9. The van der Waals surface area contributed by atoms with Crippen LogP contribution in [-0.4, -0.2) is 31.2 Å². The van der Waals surface area contributed by atoms with Crippen LogP contribution in [0.2, 0.25) is 0 Å². The van der Waals surface area contributed by atoms with Crippen LogP contribution in [0.15, 0.2) is 71.8 Å². The van der Waals surface area contributed by atoms with Gasteiger partial charge in [0.15, 0.2) is 6.10 Å². The number of nitrogens with one attached hydrogen (secondary N) is 1. The fourth-order valence-electron chi connectivity index (χ4n) is 3.23. The van der Waals surface area contributed by atoms with Gasteiger partial charge in [0.2, 0.25) is 0 Å². The maximum atomic E-state index is 12.5. The lowest BCUT2D eigenvalue weighted by atomic mass is 10.2. The van der Waals surface area contributed by atoms with Gasteiger partial charge in [0.05, 0.1) is 5.69 Å². The van der Waals surface area contributed by atoms with Crippen LogP contribution in [0.5, 0.6) is 11.5 Å². The molecule has 2 aromatic carbocycles. The molecule has 9 heteroatoms. The van der Waals surface area contributed by atoms with Crippen molar-refractivity contribution in [3.8, 4) is 11.5 Å². The van der Waals surface area contributed by atoms with Crippen LogP contribution >= 0.6 is 0 Å². The molecule has 0 saturated heterocycles. The Morgan fingerprint density at radius 3 is 2.55 bits per heavy atom. The smallest absolute Gasteiger partial charge is 0.274 e. The summed E-state index contributed by atoms with van der Waals surface area (Å²) in [5, 5.41) is 2.82. The molecule has 0 aliphatic rings. The van der Waals surface area contributed by atoms with Crippen molar-refractivity contribution in [1.29, 1.82) is 0 Å². The van der Waals surface area contributed by atoms with Crippen LogP contribution in [0, 0.1) is 0 Å². The molecule has 4 rings (SSSR count). The van der Waals surface area contributed by atoms with Gasteiger partial charge in [0, 0.05) is 23.9 Å². The van der Waals surface area contributed by atoms with Crippen LogP contribution in [0.4, 0.5) is 5.69 Å². The summed E-state index contributed by atoms with van der Waals surface area (Å²) in [6.07, 6.45) is 0.916. The number of aromatic nitrogens is 4. The van der Waals surface area contributed by atoms with Gasteiger partial charge in [0.1, 0.15) is 24.4 Å². The number of carbonyl (C=O) groups is 1. The Labute approximate surface area is 190 Å². The minimum absolute atomic E-state index is 0.0790. The van der Waals surface area contributed by atoms with E-state index < -0.39 is 6.10 Å². The summed E-state index contributed by atoms with van der Waals surface area (Å²) in [5.41, 5.74) is 0.812. The number of hydrogen-bond donors (Lipinski definition) is 1. The normalized spacial score (nSPS) is 12.0. The molecule has 2 aromatic heterocycles. The number of rotatable bonds is 8. The summed E-state index contributed by atoms with van der Waals surface area (Å²) in [6.45, 7) is 5.70. The number of para-hydroxylation sites is 1. The first-order valence-electron chi connectivity index (χ1n) is 10.6. The van der Waals surface area contributed by atoms with Crippen molar-refractivity contribution in [3.63, 3.8) is 0 Å². The molecule has 0 spiro atoms. The second-order valence-electron chi connectivity index (χ2n) is 7.79. The number of anilines is 1. The first-order valence-corrected chi connectivity index (χ1v) is 10.6. The third kappa shape index (κ3) is 5.20. The molecule has 170 valence electrons. The average molecular weight is 447 g/mol. The van der Waals surface area contributed by atoms with E-state index in [1.807, 2.05) is 32.0 Å². The standard InChI is InChI=1S/C24H25N5O4/c1-16(2)28-15-25-24-27-19(13-22(30)29(24)28)14-32-21-11-7-8-18(12-21)26-23(31)17(3)33-20-9-5-4-6-10-20/h4-13,15-17H,14H2,1-3H3,(H,26,31)/t17-/m0/s1. The predicted octanol–water partition coefficient (Wildman–Crippen LogP) is 3.46. The highest BCUT2D eigenvalue weighted by molar-refractivity contribution is 5.94. The maximum absolute atomic E-state index is 12.5. The van der Waals surface area contributed by atoms with E-state index in [0.717, 1.165) is 0 Å². The van der Waals surface area contributed by atoms with Gasteiger partial charge >= 0.3 is 0 Å². The minimum Gasteiger partial charge on any atom is -0.487 e. The van der Waals surface area contributed by atoms with E-state index >= 15 is 0 Å². The van der Waals surface area contributed by atoms with E-state index in [1.54, 1.807) is 54.3 Å². The average Bonchev–Trinajstić information content (AvgIpc) is 3.24. The van der Waals surface area contributed by atoms with Crippen molar-refractivity contribution in [2.24, 2.45) is 0 Å². The van der Waals surface area contributed by atoms with Crippen molar-refractivity contribution in [2.45, 2.75) is 39.5 Å². The second kappa shape index (κ2) is 9.56. The van der Waals surface area contributed by atoms with Crippen LogP contribution in [0.1, 0.15) is 32.5 Å². The number of amides is 1. The molecule has 0 saturated carbocycles. The quantitative estimate of drug-likeness (QED) is 0.444. The van der Waals surface area contributed by atoms with Gasteiger partial charge in [-0.3, -0.25) is 14.3 Å². The Morgan fingerprint density at radius 2 is 1.79 bits per heavy atom. The molecule has 4 aromatic rings. The zero-order chi connectivity index (χ0) is 23.4. The van der Waals surface area contributed by atoms with Gasteiger partial charge in [-0.2, -0.15) is 9.50 Å². The topological polar surface area (TPSA) is 99.8 Å². The van der Waals surface area contributed by atoms with Crippen molar-refractivity contribution >= 4 is 17.4 Å². The summed E-state index contributed by atoms with van der Waals surface area (Å²) >= 11 is 0. The molecule has 0 radical (unpaired) electrons. The molecule has 0 aliphatic heterocycles. The fourth-order valence-corrected chi connectivity index (χ4v) is 3.23. The monoisotopic (exact) mass is 447 g/mol. The molecule has 2 heterocycles. The van der Waals surface area contributed by atoms with Crippen molar-refractivity contribution in [1.82, 2.24) is 19.2 Å². The Kier molecular flexibility index (Phi) is 6.39.